The van der Waals surface area contributed by atoms with E-state index in [1.54, 1.807) is 11.3 Å². The average Bonchev–Trinajstić information content (AvgIpc) is 3.41. The molecule has 0 radical (unpaired) electrons. The lowest BCUT2D eigenvalue weighted by molar-refractivity contribution is 0.784. The molecule has 2 aliphatic carbocycles. The summed E-state index contributed by atoms with van der Waals surface area (Å²) in [7, 11) is 2.03. The largest absolute Gasteiger partial charge is 0.341 e. The number of aromatic nitrogens is 1. The van der Waals surface area contributed by atoms with Gasteiger partial charge in [0.05, 0.1) is 5.69 Å². The Morgan fingerprint density at radius 1 is 1.33 bits per heavy atom. The zero-order valence-electron chi connectivity index (χ0n) is 12.3. The van der Waals surface area contributed by atoms with E-state index in [-0.39, 0.29) is 0 Å². The van der Waals surface area contributed by atoms with Crippen molar-refractivity contribution in [2.75, 3.05) is 11.9 Å². The van der Waals surface area contributed by atoms with Gasteiger partial charge in [-0.15, -0.1) is 11.3 Å². The SMILES string of the molecule is CNCc1sc(N(Cc2ccsc2)C2CC2)nc1C1CC1. The van der Waals surface area contributed by atoms with Gasteiger partial charge in [0, 0.05) is 29.9 Å². The number of anilines is 1. The standard InChI is InChI=1S/C16H21N3S2/c1-17-8-14-15(12-2-3-12)18-16(21-14)19(13-4-5-13)9-11-6-7-20-10-11/h6-7,10,12-13,17H,2-5,8-9H2,1H3. The topological polar surface area (TPSA) is 28.2 Å². The normalized spacial score (nSPS) is 18.1. The van der Waals surface area contributed by atoms with Crippen LogP contribution in [0, 0.1) is 0 Å². The first-order valence-electron chi connectivity index (χ1n) is 7.77. The van der Waals surface area contributed by atoms with Gasteiger partial charge < -0.3 is 10.2 Å². The fourth-order valence-electron chi connectivity index (χ4n) is 2.75. The molecule has 1 N–H and O–H groups in total. The summed E-state index contributed by atoms with van der Waals surface area (Å²) in [5.41, 5.74) is 2.80. The number of thiophene rings is 1. The van der Waals surface area contributed by atoms with Crippen LogP contribution in [0.15, 0.2) is 16.8 Å². The molecule has 5 heteroatoms. The van der Waals surface area contributed by atoms with E-state index < -0.39 is 0 Å². The molecule has 21 heavy (non-hydrogen) atoms. The molecular formula is C16H21N3S2. The molecule has 2 fully saturated rings. The molecule has 0 bridgehead atoms. The lowest BCUT2D eigenvalue weighted by Crippen LogP contribution is -2.24. The monoisotopic (exact) mass is 319 g/mol. The minimum Gasteiger partial charge on any atom is -0.341 e. The molecule has 0 atom stereocenters. The molecule has 2 aromatic rings. The molecule has 112 valence electrons. The number of nitrogens with one attached hydrogen (secondary N) is 1. The van der Waals surface area contributed by atoms with Gasteiger partial charge in [-0.3, -0.25) is 0 Å². The van der Waals surface area contributed by atoms with Crippen molar-refractivity contribution in [1.82, 2.24) is 10.3 Å². The molecule has 0 aromatic carbocycles. The lowest BCUT2D eigenvalue weighted by atomic mass is 10.2. The molecule has 2 aromatic heterocycles. The smallest absolute Gasteiger partial charge is 0.186 e. The van der Waals surface area contributed by atoms with Crippen molar-refractivity contribution < 1.29 is 0 Å². The second-order valence-electron chi connectivity index (χ2n) is 6.10. The van der Waals surface area contributed by atoms with Gasteiger partial charge >= 0.3 is 0 Å². The van der Waals surface area contributed by atoms with Crippen molar-refractivity contribution in [2.45, 2.75) is 50.7 Å². The minimum absolute atomic E-state index is 0.713. The second-order valence-corrected chi connectivity index (χ2v) is 7.94. The fourth-order valence-corrected chi connectivity index (χ4v) is 4.64. The summed E-state index contributed by atoms with van der Waals surface area (Å²) in [5.74, 6) is 0.737. The molecule has 2 heterocycles. The van der Waals surface area contributed by atoms with Gasteiger partial charge in [0.2, 0.25) is 0 Å². The van der Waals surface area contributed by atoms with E-state index in [0.29, 0.717) is 6.04 Å². The van der Waals surface area contributed by atoms with Crippen molar-refractivity contribution in [3.8, 4) is 0 Å². The van der Waals surface area contributed by atoms with Crippen LogP contribution < -0.4 is 10.2 Å². The van der Waals surface area contributed by atoms with E-state index in [4.69, 9.17) is 4.98 Å². The van der Waals surface area contributed by atoms with Crippen LogP contribution >= 0.6 is 22.7 Å². The third kappa shape index (κ3) is 3.00. The summed E-state index contributed by atoms with van der Waals surface area (Å²) in [4.78, 5) is 9.03. The van der Waals surface area contributed by atoms with Crippen LogP contribution in [0.4, 0.5) is 5.13 Å². The van der Waals surface area contributed by atoms with Crippen LogP contribution in [0.1, 0.15) is 47.7 Å². The molecule has 2 saturated carbocycles. The van der Waals surface area contributed by atoms with Crippen molar-refractivity contribution in [3.05, 3.63) is 33.0 Å². The van der Waals surface area contributed by atoms with Crippen molar-refractivity contribution in [1.29, 1.82) is 0 Å². The summed E-state index contributed by atoms with van der Waals surface area (Å²) >= 11 is 3.69. The third-order valence-electron chi connectivity index (χ3n) is 4.18. The maximum atomic E-state index is 5.04. The quantitative estimate of drug-likeness (QED) is 0.837. The average molecular weight is 319 g/mol. The van der Waals surface area contributed by atoms with Crippen LogP contribution in [-0.4, -0.2) is 18.1 Å². The summed E-state index contributed by atoms with van der Waals surface area (Å²) in [6.07, 6.45) is 5.30. The highest BCUT2D eigenvalue weighted by Crippen LogP contribution is 2.45. The first kappa shape index (κ1) is 13.7. The van der Waals surface area contributed by atoms with Gasteiger partial charge in [0.15, 0.2) is 5.13 Å². The molecule has 0 spiro atoms. The van der Waals surface area contributed by atoms with Gasteiger partial charge in [-0.1, -0.05) is 0 Å². The van der Waals surface area contributed by atoms with E-state index in [9.17, 15) is 0 Å². The maximum absolute atomic E-state index is 5.04. The zero-order chi connectivity index (χ0) is 14.2. The summed E-state index contributed by atoms with van der Waals surface area (Å²) < 4.78 is 0. The predicted molar refractivity (Wildman–Crippen MR) is 90.4 cm³/mol. The Labute approximate surface area is 134 Å². The molecular weight excluding hydrogens is 298 g/mol. The highest BCUT2D eigenvalue weighted by molar-refractivity contribution is 7.15. The Hall–Kier alpha value is -0.910. The van der Waals surface area contributed by atoms with Gasteiger partial charge in [0.1, 0.15) is 0 Å². The van der Waals surface area contributed by atoms with E-state index >= 15 is 0 Å². The highest BCUT2D eigenvalue weighted by Gasteiger charge is 2.34. The van der Waals surface area contributed by atoms with Crippen LogP contribution in [0.2, 0.25) is 0 Å². The summed E-state index contributed by atoms with van der Waals surface area (Å²) in [6, 6.07) is 2.95. The maximum Gasteiger partial charge on any atom is 0.186 e. The van der Waals surface area contributed by atoms with Crippen LogP contribution in [0.5, 0.6) is 0 Å². The van der Waals surface area contributed by atoms with Gasteiger partial charge in [0.25, 0.3) is 0 Å². The molecule has 0 amide bonds. The Morgan fingerprint density at radius 3 is 2.81 bits per heavy atom. The van der Waals surface area contributed by atoms with Crippen LogP contribution in [-0.2, 0) is 13.1 Å². The first-order chi connectivity index (χ1) is 10.3. The number of nitrogens with zero attached hydrogens (tertiary/aromatic N) is 2. The molecule has 0 aliphatic heterocycles. The van der Waals surface area contributed by atoms with E-state index in [1.807, 2.05) is 18.4 Å². The zero-order valence-corrected chi connectivity index (χ0v) is 14.0. The number of rotatable bonds is 7. The number of hydrogen-bond acceptors (Lipinski definition) is 5. The van der Waals surface area contributed by atoms with Gasteiger partial charge in [-0.05, 0) is 55.1 Å². The number of thiazole rings is 1. The first-order valence-corrected chi connectivity index (χ1v) is 9.53. The molecule has 0 saturated heterocycles. The van der Waals surface area contributed by atoms with Gasteiger partial charge in [-0.2, -0.15) is 11.3 Å². The third-order valence-corrected chi connectivity index (χ3v) is 6.02. The highest BCUT2D eigenvalue weighted by atomic mass is 32.1. The van der Waals surface area contributed by atoms with E-state index in [0.717, 1.165) is 19.0 Å². The van der Waals surface area contributed by atoms with Crippen LogP contribution in [0.3, 0.4) is 0 Å². The lowest BCUT2D eigenvalue weighted by Gasteiger charge is -2.20. The van der Waals surface area contributed by atoms with E-state index in [2.05, 4.69) is 27.0 Å². The van der Waals surface area contributed by atoms with E-state index in [1.165, 1.54) is 46.9 Å². The van der Waals surface area contributed by atoms with Crippen molar-refractivity contribution in [3.63, 3.8) is 0 Å². The molecule has 4 rings (SSSR count). The Bertz CT molecular complexity index is 597. The van der Waals surface area contributed by atoms with Crippen molar-refractivity contribution in [2.24, 2.45) is 0 Å². The Kier molecular flexibility index (Phi) is 3.73. The van der Waals surface area contributed by atoms with Crippen molar-refractivity contribution >= 4 is 27.8 Å². The Morgan fingerprint density at radius 2 is 2.19 bits per heavy atom. The summed E-state index contributed by atoms with van der Waals surface area (Å²) in [5, 5.41) is 8.98. The fraction of sp³-hybridized carbons (Fsp3) is 0.562. The minimum atomic E-state index is 0.713. The van der Waals surface area contributed by atoms with Crippen LogP contribution in [0.25, 0.3) is 0 Å². The molecule has 0 unspecified atom stereocenters. The number of hydrogen-bond donors (Lipinski definition) is 1. The second kappa shape index (κ2) is 5.71. The Balaban J connectivity index is 1.61. The predicted octanol–water partition coefficient (Wildman–Crippen LogP) is 3.97. The molecule has 3 nitrogen and oxygen atoms in total. The molecule has 2 aliphatic rings. The summed E-state index contributed by atoms with van der Waals surface area (Å²) in [6.45, 7) is 1.98. The van der Waals surface area contributed by atoms with Gasteiger partial charge in [-0.25, -0.2) is 4.98 Å².